The predicted molar refractivity (Wildman–Crippen MR) is 65.7 cm³/mol. The van der Waals surface area contributed by atoms with Crippen molar-refractivity contribution in [3.05, 3.63) is 35.6 Å². The Morgan fingerprint density at radius 1 is 1.31 bits per heavy atom. The molecule has 0 saturated heterocycles. The zero-order chi connectivity index (χ0) is 12.1. The van der Waals surface area contributed by atoms with Crippen LogP contribution in [-0.2, 0) is 0 Å². The molecular weight excluding hydrogens is 203 g/mol. The molecular formula is C13H21FN2. The average molecular weight is 224 g/mol. The number of nitrogens with two attached hydrogens (primary N) is 1. The molecule has 16 heavy (non-hydrogen) atoms. The van der Waals surface area contributed by atoms with Gasteiger partial charge in [0.05, 0.1) is 0 Å². The van der Waals surface area contributed by atoms with Gasteiger partial charge < -0.3 is 5.73 Å². The van der Waals surface area contributed by atoms with Crippen LogP contribution < -0.4 is 5.73 Å². The minimum atomic E-state index is -0.203. The van der Waals surface area contributed by atoms with Gasteiger partial charge in [0, 0.05) is 18.6 Å². The van der Waals surface area contributed by atoms with Crippen LogP contribution in [0.1, 0.15) is 31.9 Å². The molecule has 0 fully saturated rings. The molecule has 0 heterocycles. The molecule has 3 heteroatoms. The van der Waals surface area contributed by atoms with Gasteiger partial charge in [0.1, 0.15) is 5.82 Å². The fourth-order valence-electron chi connectivity index (χ4n) is 1.82. The van der Waals surface area contributed by atoms with Gasteiger partial charge in [0.25, 0.3) is 0 Å². The third-order valence-electron chi connectivity index (χ3n) is 3.26. The van der Waals surface area contributed by atoms with Gasteiger partial charge in [0.2, 0.25) is 0 Å². The number of benzene rings is 1. The van der Waals surface area contributed by atoms with Crippen molar-refractivity contribution in [1.29, 1.82) is 0 Å². The van der Waals surface area contributed by atoms with Gasteiger partial charge in [-0.25, -0.2) is 4.39 Å². The molecule has 0 aliphatic rings. The standard InChI is InChI=1S/C13H21FN2/c1-4-10(2)16(3)13(9-15)11-5-7-12(14)8-6-11/h5-8,10,13H,4,9,15H2,1-3H3. The summed E-state index contributed by atoms with van der Waals surface area (Å²) in [6.07, 6.45) is 1.08. The molecule has 0 aliphatic carbocycles. The average Bonchev–Trinajstić information content (AvgIpc) is 2.31. The largest absolute Gasteiger partial charge is 0.329 e. The van der Waals surface area contributed by atoms with E-state index in [1.165, 1.54) is 12.1 Å². The first-order valence-corrected chi connectivity index (χ1v) is 5.77. The lowest BCUT2D eigenvalue weighted by Gasteiger charge is -2.32. The normalized spacial score (nSPS) is 15.1. The van der Waals surface area contributed by atoms with Gasteiger partial charge in [0.15, 0.2) is 0 Å². The van der Waals surface area contributed by atoms with Crippen LogP contribution in [0.15, 0.2) is 24.3 Å². The Balaban J connectivity index is 2.85. The molecule has 1 aromatic carbocycles. The Morgan fingerprint density at radius 2 is 1.88 bits per heavy atom. The van der Waals surface area contributed by atoms with E-state index in [1.54, 1.807) is 0 Å². The van der Waals surface area contributed by atoms with E-state index in [4.69, 9.17) is 5.73 Å². The summed E-state index contributed by atoms with van der Waals surface area (Å²) in [5, 5.41) is 0. The van der Waals surface area contributed by atoms with Gasteiger partial charge in [-0.2, -0.15) is 0 Å². The van der Waals surface area contributed by atoms with Crippen LogP contribution in [0.5, 0.6) is 0 Å². The summed E-state index contributed by atoms with van der Waals surface area (Å²) in [6.45, 7) is 4.87. The van der Waals surface area contributed by atoms with Crippen LogP contribution >= 0.6 is 0 Å². The van der Waals surface area contributed by atoms with Crippen molar-refractivity contribution < 1.29 is 4.39 Å². The highest BCUT2D eigenvalue weighted by atomic mass is 19.1. The Morgan fingerprint density at radius 3 is 2.31 bits per heavy atom. The molecule has 0 spiro atoms. The summed E-state index contributed by atoms with van der Waals surface area (Å²) in [6, 6.07) is 7.23. The topological polar surface area (TPSA) is 29.3 Å². The Kier molecular flexibility index (Phi) is 4.90. The van der Waals surface area contributed by atoms with E-state index in [2.05, 4.69) is 25.8 Å². The molecule has 0 amide bonds. The second-order valence-electron chi connectivity index (χ2n) is 4.23. The third-order valence-corrected chi connectivity index (χ3v) is 3.26. The molecule has 2 nitrogen and oxygen atoms in total. The van der Waals surface area contributed by atoms with E-state index < -0.39 is 0 Å². The lowest BCUT2D eigenvalue weighted by atomic mass is 10.0. The number of likely N-dealkylation sites (N-methyl/N-ethyl adjacent to an activating group) is 1. The van der Waals surface area contributed by atoms with Gasteiger partial charge in [-0.15, -0.1) is 0 Å². The Bertz CT molecular complexity index is 310. The molecule has 2 atom stereocenters. The zero-order valence-corrected chi connectivity index (χ0v) is 10.3. The van der Waals surface area contributed by atoms with Crippen LogP contribution in [0.2, 0.25) is 0 Å². The first kappa shape index (κ1) is 13.1. The highest BCUT2D eigenvalue weighted by Crippen LogP contribution is 2.21. The van der Waals surface area contributed by atoms with E-state index in [-0.39, 0.29) is 11.9 Å². The van der Waals surface area contributed by atoms with Crippen LogP contribution in [0, 0.1) is 5.82 Å². The molecule has 1 rings (SSSR count). The third kappa shape index (κ3) is 3.03. The second-order valence-corrected chi connectivity index (χ2v) is 4.23. The van der Waals surface area contributed by atoms with Crippen molar-refractivity contribution in [1.82, 2.24) is 4.90 Å². The number of rotatable bonds is 5. The molecule has 0 aliphatic heterocycles. The smallest absolute Gasteiger partial charge is 0.123 e. The predicted octanol–water partition coefficient (Wildman–Crippen LogP) is 2.56. The lowest BCUT2D eigenvalue weighted by molar-refractivity contribution is 0.184. The summed E-state index contributed by atoms with van der Waals surface area (Å²) in [5.41, 5.74) is 6.88. The van der Waals surface area contributed by atoms with Crippen molar-refractivity contribution in [2.24, 2.45) is 5.73 Å². The monoisotopic (exact) mass is 224 g/mol. The minimum absolute atomic E-state index is 0.163. The van der Waals surface area contributed by atoms with Crippen molar-refractivity contribution in [2.75, 3.05) is 13.6 Å². The maximum atomic E-state index is 12.8. The molecule has 90 valence electrons. The maximum absolute atomic E-state index is 12.8. The van der Waals surface area contributed by atoms with Crippen LogP contribution in [0.3, 0.4) is 0 Å². The number of halogens is 1. The summed E-state index contributed by atoms with van der Waals surface area (Å²) in [5.74, 6) is -0.203. The fourth-order valence-corrected chi connectivity index (χ4v) is 1.82. The SMILES string of the molecule is CCC(C)N(C)C(CN)c1ccc(F)cc1. The van der Waals surface area contributed by atoms with Crippen molar-refractivity contribution in [2.45, 2.75) is 32.4 Å². The maximum Gasteiger partial charge on any atom is 0.123 e. The number of hydrogen-bond donors (Lipinski definition) is 1. The van der Waals surface area contributed by atoms with E-state index >= 15 is 0 Å². The minimum Gasteiger partial charge on any atom is -0.329 e. The quantitative estimate of drug-likeness (QED) is 0.833. The summed E-state index contributed by atoms with van der Waals surface area (Å²) in [7, 11) is 2.06. The van der Waals surface area contributed by atoms with Crippen molar-refractivity contribution in [3.63, 3.8) is 0 Å². The van der Waals surface area contributed by atoms with E-state index in [0.717, 1.165) is 12.0 Å². The number of hydrogen-bond acceptors (Lipinski definition) is 2. The first-order valence-electron chi connectivity index (χ1n) is 5.77. The van der Waals surface area contributed by atoms with Crippen LogP contribution in [-0.4, -0.2) is 24.5 Å². The fraction of sp³-hybridized carbons (Fsp3) is 0.538. The first-order chi connectivity index (χ1) is 7.60. The Hall–Kier alpha value is -0.930. The van der Waals surface area contributed by atoms with E-state index in [1.807, 2.05) is 12.1 Å². The van der Waals surface area contributed by atoms with Crippen LogP contribution in [0.25, 0.3) is 0 Å². The summed E-state index contributed by atoms with van der Waals surface area (Å²) < 4.78 is 12.8. The molecule has 0 radical (unpaired) electrons. The zero-order valence-electron chi connectivity index (χ0n) is 10.3. The van der Waals surface area contributed by atoms with Gasteiger partial charge in [-0.1, -0.05) is 19.1 Å². The molecule has 2 N–H and O–H groups in total. The summed E-state index contributed by atoms with van der Waals surface area (Å²) in [4.78, 5) is 2.24. The molecule has 0 saturated carbocycles. The number of nitrogens with zero attached hydrogens (tertiary/aromatic N) is 1. The van der Waals surface area contributed by atoms with Gasteiger partial charge >= 0.3 is 0 Å². The van der Waals surface area contributed by atoms with E-state index in [9.17, 15) is 4.39 Å². The van der Waals surface area contributed by atoms with Gasteiger partial charge in [-0.3, -0.25) is 4.90 Å². The van der Waals surface area contributed by atoms with Crippen LogP contribution in [0.4, 0.5) is 4.39 Å². The molecule has 0 bridgehead atoms. The lowest BCUT2D eigenvalue weighted by Crippen LogP contribution is -2.36. The highest BCUT2D eigenvalue weighted by Gasteiger charge is 2.18. The second kappa shape index (κ2) is 5.97. The molecule has 0 aromatic heterocycles. The summed E-state index contributed by atoms with van der Waals surface area (Å²) >= 11 is 0. The highest BCUT2D eigenvalue weighted by molar-refractivity contribution is 5.20. The van der Waals surface area contributed by atoms with Crippen molar-refractivity contribution in [3.8, 4) is 0 Å². The molecule has 1 aromatic rings. The molecule has 2 unspecified atom stereocenters. The van der Waals surface area contributed by atoms with E-state index in [0.29, 0.717) is 12.6 Å². The van der Waals surface area contributed by atoms with Gasteiger partial charge in [-0.05, 0) is 38.1 Å². The Labute approximate surface area is 97.3 Å². The van der Waals surface area contributed by atoms with Crippen molar-refractivity contribution >= 4 is 0 Å².